The molecule has 0 radical (unpaired) electrons. The molecule has 0 aromatic carbocycles. The number of nitrogens with zero attached hydrogens (tertiary/aromatic N) is 1. The van der Waals surface area contributed by atoms with Gasteiger partial charge in [-0.1, -0.05) is 26.7 Å². The van der Waals surface area contributed by atoms with Crippen LogP contribution in [0.4, 0.5) is 0 Å². The molecule has 0 bridgehead atoms. The van der Waals surface area contributed by atoms with Gasteiger partial charge in [-0.2, -0.15) is 0 Å². The third-order valence-corrected chi connectivity index (χ3v) is 4.11. The number of rotatable bonds is 7. The fourth-order valence-corrected chi connectivity index (χ4v) is 3.19. The van der Waals surface area contributed by atoms with Gasteiger partial charge in [-0.15, -0.1) is 11.3 Å². The predicted octanol–water partition coefficient (Wildman–Crippen LogP) is 4.15. The van der Waals surface area contributed by atoms with Crippen LogP contribution in [0.3, 0.4) is 0 Å². The highest BCUT2D eigenvalue weighted by molar-refractivity contribution is 7.10. The fourth-order valence-electron chi connectivity index (χ4n) is 2.18. The Bertz CT molecular complexity index is 291. The van der Waals surface area contributed by atoms with Gasteiger partial charge in [0, 0.05) is 17.3 Å². The van der Waals surface area contributed by atoms with E-state index in [0.29, 0.717) is 5.92 Å². The molecule has 1 aromatic heterocycles. The summed E-state index contributed by atoms with van der Waals surface area (Å²) in [5, 5.41) is 2.25. The average Bonchev–Trinajstić information content (AvgIpc) is 2.65. The molecule has 0 N–H and O–H groups in total. The Labute approximate surface area is 104 Å². The van der Waals surface area contributed by atoms with Crippen molar-refractivity contribution in [2.75, 3.05) is 20.6 Å². The van der Waals surface area contributed by atoms with Gasteiger partial charge >= 0.3 is 0 Å². The fraction of sp³-hybridized carbons (Fsp3) is 0.714. The molecule has 0 fully saturated rings. The lowest BCUT2D eigenvalue weighted by atomic mass is 10.0. The van der Waals surface area contributed by atoms with E-state index in [9.17, 15) is 0 Å². The molecule has 0 saturated carbocycles. The summed E-state index contributed by atoms with van der Waals surface area (Å²) in [5.41, 5.74) is 1.59. The van der Waals surface area contributed by atoms with Crippen LogP contribution in [0.5, 0.6) is 0 Å². The summed E-state index contributed by atoms with van der Waals surface area (Å²) in [6.07, 6.45) is 5.28. The van der Waals surface area contributed by atoms with Crippen LogP contribution in [0.1, 0.15) is 49.5 Å². The van der Waals surface area contributed by atoms with E-state index >= 15 is 0 Å². The Morgan fingerprint density at radius 1 is 1.31 bits per heavy atom. The molecule has 1 unspecified atom stereocenters. The van der Waals surface area contributed by atoms with Gasteiger partial charge in [0.25, 0.3) is 0 Å². The minimum Gasteiger partial charge on any atom is -0.309 e. The second-order valence-corrected chi connectivity index (χ2v) is 5.88. The van der Waals surface area contributed by atoms with Crippen LogP contribution >= 0.6 is 11.3 Å². The highest BCUT2D eigenvalue weighted by Crippen LogP contribution is 2.27. The number of unbranched alkanes of at least 4 members (excludes halogenated alkanes) is 2. The zero-order valence-corrected chi connectivity index (χ0v) is 11.9. The summed E-state index contributed by atoms with van der Waals surface area (Å²) < 4.78 is 0. The van der Waals surface area contributed by atoms with Gasteiger partial charge in [0.1, 0.15) is 0 Å². The van der Waals surface area contributed by atoms with Crippen molar-refractivity contribution in [2.45, 2.75) is 45.4 Å². The van der Waals surface area contributed by atoms with E-state index in [0.717, 1.165) is 6.54 Å². The minimum atomic E-state index is 0.673. The Balaban J connectivity index is 2.55. The summed E-state index contributed by atoms with van der Waals surface area (Å²) in [4.78, 5) is 3.88. The van der Waals surface area contributed by atoms with Crippen molar-refractivity contribution in [2.24, 2.45) is 0 Å². The van der Waals surface area contributed by atoms with Crippen molar-refractivity contribution in [1.82, 2.24) is 4.90 Å². The monoisotopic (exact) mass is 239 g/mol. The zero-order chi connectivity index (χ0) is 12.0. The molecule has 0 amide bonds. The highest BCUT2D eigenvalue weighted by Gasteiger charge is 2.12. The van der Waals surface area contributed by atoms with Crippen molar-refractivity contribution in [3.05, 3.63) is 21.9 Å². The van der Waals surface area contributed by atoms with E-state index in [1.165, 1.54) is 25.7 Å². The number of thiophene rings is 1. The lowest BCUT2D eigenvalue weighted by Crippen LogP contribution is -2.18. The lowest BCUT2D eigenvalue weighted by molar-refractivity contribution is 0.384. The van der Waals surface area contributed by atoms with Crippen molar-refractivity contribution in [3.8, 4) is 0 Å². The average molecular weight is 239 g/mol. The van der Waals surface area contributed by atoms with Crippen LogP contribution in [0.15, 0.2) is 11.4 Å². The van der Waals surface area contributed by atoms with Gasteiger partial charge in [0.2, 0.25) is 0 Å². The van der Waals surface area contributed by atoms with Crippen molar-refractivity contribution < 1.29 is 0 Å². The molecule has 0 spiro atoms. The SMILES string of the molecule is CCCCCc1ccsc1C(C)CN(C)C. The van der Waals surface area contributed by atoms with E-state index in [2.05, 4.69) is 44.3 Å². The van der Waals surface area contributed by atoms with Crippen molar-refractivity contribution >= 4 is 11.3 Å². The Kier molecular flexibility index (Phi) is 6.07. The van der Waals surface area contributed by atoms with Crippen LogP contribution in [-0.4, -0.2) is 25.5 Å². The quantitative estimate of drug-likeness (QED) is 0.646. The second-order valence-electron chi connectivity index (χ2n) is 4.93. The van der Waals surface area contributed by atoms with Gasteiger partial charge in [-0.3, -0.25) is 0 Å². The molecule has 1 rings (SSSR count). The maximum atomic E-state index is 2.34. The van der Waals surface area contributed by atoms with E-state index in [1.54, 1.807) is 10.4 Å². The van der Waals surface area contributed by atoms with E-state index < -0.39 is 0 Å². The summed E-state index contributed by atoms with van der Waals surface area (Å²) in [5.74, 6) is 0.673. The Hall–Kier alpha value is -0.340. The molecule has 1 heterocycles. The van der Waals surface area contributed by atoms with Crippen LogP contribution < -0.4 is 0 Å². The molecule has 0 saturated heterocycles. The molecule has 0 aliphatic heterocycles. The normalized spacial score (nSPS) is 13.3. The Morgan fingerprint density at radius 2 is 2.06 bits per heavy atom. The largest absolute Gasteiger partial charge is 0.309 e. The number of likely N-dealkylation sites (N-methyl/N-ethyl adjacent to an activating group) is 1. The maximum absolute atomic E-state index is 2.34. The number of hydrogen-bond donors (Lipinski definition) is 0. The van der Waals surface area contributed by atoms with Gasteiger partial charge in [0.15, 0.2) is 0 Å². The summed E-state index contributed by atoms with van der Waals surface area (Å²) in [7, 11) is 4.31. The smallest absolute Gasteiger partial charge is 0.0118 e. The first-order valence-electron chi connectivity index (χ1n) is 6.36. The third kappa shape index (κ3) is 4.26. The van der Waals surface area contributed by atoms with Gasteiger partial charge < -0.3 is 4.90 Å². The van der Waals surface area contributed by atoms with Crippen molar-refractivity contribution in [1.29, 1.82) is 0 Å². The topological polar surface area (TPSA) is 3.24 Å². The molecule has 0 aliphatic carbocycles. The lowest BCUT2D eigenvalue weighted by Gasteiger charge is -2.17. The Morgan fingerprint density at radius 3 is 2.69 bits per heavy atom. The molecule has 0 aliphatic rings. The second kappa shape index (κ2) is 7.08. The van der Waals surface area contributed by atoms with E-state index in [-0.39, 0.29) is 0 Å². The molecular weight excluding hydrogens is 214 g/mol. The first kappa shape index (κ1) is 13.7. The van der Waals surface area contributed by atoms with Gasteiger partial charge in [0.05, 0.1) is 0 Å². The first-order chi connectivity index (χ1) is 7.65. The summed E-state index contributed by atoms with van der Waals surface area (Å²) >= 11 is 1.93. The standard InChI is InChI=1S/C14H25NS/c1-5-6-7-8-13-9-10-16-14(13)12(2)11-15(3)4/h9-10,12H,5-8,11H2,1-4H3. The molecule has 2 heteroatoms. The van der Waals surface area contributed by atoms with E-state index in [4.69, 9.17) is 0 Å². The highest BCUT2D eigenvalue weighted by atomic mass is 32.1. The summed E-state index contributed by atoms with van der Waals surface area (Å²) in [6, 6.07) is 2.32. The summed E-state index contributed by atoms with van der Waals surface area (Å²) in [6.45, 7) is 5.76. The van der Waals surface area contributed by atoms with Crippen LogP contribution in [0, 0.1) is 0 Å². The minimum absolute atomic E-state index is 0.673. The number of hydrogen-bond acceptors (Lipinski definition) is 2. The van der Waals surface area contributed by atoms with Crippen molar-refractivity contribution in [3.63, 3.8) is 0 Å². The molecule has 1 aromatic rings. The molecule has 92 valence electrons. The number of aryl methyl sites for hydroxylation is 1. The van der Waals surface area contributed by atoms with E-state index in [1.807, 2.05) is 11.3 Å². The third-order valence-electron chi connectivity index (χ3n) is 2.92. The molecule has 16 heavy (non-hydrogen) atoms. The molecule has 1 atom stereocenters. The first-order valence-corrected chi connectivity index (χ1v) is 7.24. The molecule has 1 nitrogen and oxygen atoms in total. The predicted molar refractivity (Wildman–Crippen MR) is 74.5 cm³/mol. The molecular formula is C14H25NS. The van der Waals surface area contributed by atoms with Crippen LogP contribution in [0.25, 0.3) is 0 Å². The maximum Gasteiger partial charge on any atom is 0.0118 e. The van der Waals surface area contributed by atoms with Gasteiger partial charge in [-0.25, -0.2) is 0 Å². The van der Waals surface area contributed by atoms with Crippen LogP contribution in [-0.2, 0) is 6.42 Å². The zero-order valence-electron chi connectivity index (χ0n) is 11.1. The van der Waals surface area contributed by atoms with Crippen LogP contribution in [0.2, 0.25) is 0 Å². The van der Waals surface area contributed by atoms with Gasteiger partial charge in [-0.05, 0) is 43.9 Å².